The summed E-state index contributed by atoms with van der Waals surface area (Å²) in [4.78, 5) is 0. The minimum atomic E-state index is -3.42. The van der Waals surface area contributed by atoms with Crippen molar-refractivity contribution in [1.29, 1.82) is 0 Å². The molecule has 2 aliphatic heterocycles. The third-order valence-corrected chi connectivity index (χ3v) is 5.89. The molecular weight excluding hydrogens is 278 g/mol. The molecule has 2 fully saturated rings. The fourth-order valence-corrected chi connectivity index (χ4v) is 4.72. The van der Waals surface area contributed by atoms with Crippen LogP contribution in [0.1, 0.15) is 39.5 Å². The minimum Gasteiger partial charge on any atom is -0.377 e. The Morgan fingerprint density at radius 2 is 2.10 bits per heavy atom. The zero-order valence-corrected chi connectivity index (χ0v) is 13.3. The summed E-state index contributed by atoms with van der Waals surface area (Å²) < 4.78 is 35.1. The molecule has 20 heavy (non-hydrogen) atoms. The number of rotatable bonds is 6. The van der Waals surface area contributed by atoms with E-state index in [0.29, 0.717) is 13.2 Å². The van der Waals surface area contributed by atoms with Crippen molar-refractivity contribution in [3.8, 4) is 0 Å². The van der Waals surface area contributed by atoms with Gasteiger partial charge in [-0.25, -0.2) is 0 Å². The number of likely N-dealkylation sites (N-methyl/N-ethyl adjacent to an activating group) is 1. The largest absolute Gasteiger partial charge is 0.377 e. The highest BCUT2D eigenvalue weighted by molar-refractivity contribution is 7.87. The molecule has 2 N–H and O–H groups in total. The van der Waals surface area contributed by atoms with Gasteiger partial charge in [0.05, 0.1) is 12.1 Å². The summed E-state index contributed by atoms with van der Waals surface area (Å²) in [5.74, 6) is 0. The first kappa shape index (κ1) is 16.2. The number of nitrogens with one attached hydrogen (secondary N) is 2. The van der Waals surface area contributed by atoms with Crippen LogP contribution in [0.3, 0.4) is 0 Å². The molecule has 0 amide bonds. The van der Waals surface area contributed by atoms with Crippen LogP contribution in [0.5, 0.6) is 0 Å². The lowest BCUT2D eigenvalue weighted by Gasteiger charge is -2.35. The Hall–Kier alpha value is -0.210. The van der Waals surface area contributed by atoms with E-state index in [0.717, 1.165) is 38.8 Å². The normalized spacial score (nSPS) is 32.6. The van der Waals surface area contributed by atoms with Gasteiger partial charge in [0.25, 0.3) is 10.2 Å². The van der Waals surface area contributed by atoms with E-state index in [1.807, 2.05) is 13.8 Å². The topological polar surface area (TPSA) is 70.7 Å². The van der Waals surface area contributed by atoms with Gasteiger partial charge in [0, 0.05) is 25.7 Å². The molecule has 0 aliphatic carbocycles. The van der Waals surface area contributed by atoms with E-state index in [4.69, 9.17) is 4.74 Å². The second-order valence-corrected chi connectivity index (χ2v) is 7.32. The summed E-state index contributed by atoms with van der Waals surface area (Å²) >= 11 is 0. The number of piperidine rings is 1. The summed E-state index contributed by atoms with van der Waals surface area (Å²) in [5.41, 5.74) is 0. The van der Waals surface area contributed by atoms with Crippen molar-refractivity contribution < 1.29 is 13.2 Å². The summed E-state index contributed by atoms with van der Waals surface area (Å²) in [6.45, 7) is 6.81. The number of hydrogen-bond donors (Lipinski definition) is 2. The van der Waals surface area contributed by atoms with Gasteiger partial charge in [-0.1, -0.05) is 13.3 Å². The summed E-state index contributed by atoms with van der Waals surface area (Å²) in [7, 11) is -3.42. The predicted molar refractivity (Wildman–Crippen MR) is 78.8 cm³/mol. The molecule has 7 heteroatoms. The van der Waals surface area contributed by atoms with Gasteiger partial charge in [-0.05, 0) is 32.7 Å². The fraction of sp³-hybridized carbons (Fsp3) is 1.00. The van der Waals surface area contributed by atoms with E-state index >= 15 is 0 Å². The Bertz CT molecular complexity index is 402. The van der Waals surface area contributed by atoms with Crippen LogP contribution in [-0.2, 0) is 14.9 Å². The van der Waals surface area contributed by atoms with Crippen molar-refractivity contribution in [3.05, 3.63) is 0 Å². The monoisotopic (exact) mass is 305 g/mol. The van der Waals surface area contributed by atoms with Crippen molar-refractivity contribution in [2.24, 2.45) is 0 Å². The lowest BCUT2D eigenvalue weighted by atomic mass is 10.1. The van der Waals surface area contributed by atoms with Crippen LogP contribution < -0.4 is 10.0 Å². The van der Waals surface area contributed by atoms with Crippen LogP contribution >= 0.6 is 0 Å². The van der Waals surface area contributed by atoms with Crippen LogP contribution in [0.15, 0.2) is 0 Å². The zero-order valence-electron chi connectivity index (χ0n) is 12.5. The zero-order chi connectivity index (χ0) is 14.6. The average molecular weight is 305 g/mol. The molecule has 0 spiro atoms. The van der Waals surface area contributed by atoms with Crippen molar-refractivity contribution in [1.82, 2.24) is 14.3 Å². The van der Waals surface area contributed by atoms with Crippen molar-refractivity contribution >= 4 is 10.2 Å². The van der Waals surface area contributed by atoms with Gasteiger partial charge in [-0.2, -0.15) is 17.4 Å². The van der Waals surface area contributed by atoms with Gasteiger partial charge >= 0.3 is 0 Å². The molecule has 0 bridgehead atoms. The van der Waals surface area contributed by atoms with Crippen LogP contribution in [-0.4, -0.2) is 57.2 Å². The molecule has 0 aromatic heterocycles. The van der Waals surface area contributed by atoms with Gasteiger partial charge in [0.2, 0.25) is 0 Å². The molecule has 2 saturated heterocycles. The van der Waals surface area contributed by atoms with Gasteiger partial charge in [-0.15, -0.1) is 0 Å². The second kappa shape index (κ2) is 7.17. The molecule has 0 saturated carbocycles. The van der Waals surface area contributed by atoms with Crippen LogP contribution in [0.25, 0.3) is 0 Å². The quantitative estimate of drug-likeness (QED) is 0.748. The Balaban J connectivity index is 2.01. The first-order valence-corrected chi connectivity index (χ1v) is 9.10. The maximum absolute atomic E-state index is 12.6. The Kier molecular flexibility index (Phi) is 5.80. The summed E-state index contributed by atoms with van der Waals surface area (Å²) in [6, 6.07) is -0.0273. The second-order valence-electron chi connectivity index (χ2n) is 5.66. The molecule has 3 unspecified atom stereocenters. The highest BCUT2D eigenvalue weighted by Gasteiger charge is 2.36. The van der Waals surface area contributed by atoms with E-state index in [9.17, 15) is 8.42 Å². The number of nitrogens with zero attached hydrogens (tertiary/aromatic N) is 1. The third kappa shape index (κ3) is 3.92. The molecule has 0 aromatic rings. The predicted octanol–water partition coefficient (Wildman–Crippen LogP) is 0.462. The fourth-order valence-electron chi connectivity index (χ4n) is 2.95. The highest BCUT2D eigenvalue weighted by Crippen LogP contribution is 2.21. The van der Waals surface area contributed by atoms with Gasteiger partial charge < -0.3 is 10.1 Å². The lowest BCUT2D eigenvalue weighted by Crippen LogP contribution is -2.55. The molecule has 2 aliphatic rings. The lowest BCUT2D eigenvalue weighted by molar-refractivity contribution is 0.116. The van der Waals surface area contributed by atoms with Crippen LogP contribution in [0, 0.1) is 0 Å². The van der Waals surface area contributed by atoms with E-state index in [1.165, 1.54) is 0 Å². The summed E-state index contributed by atoms with van der Waals surface area (Å²) in [6.07, 6.45) is 3.70. The van der Waals surface area contributed by atoms with Crippen LogP contribution in [0.4, 0.5) is 0 Å². The molecule has 2 rings (SSSR count). The van der Waals surface area contributed by atoms with Crippen molar-refractivity contribution in [2.45, 2.75) is 57.7 Å². The number of hydrogen-bond acceptors (Lipinski definition) is 4. The minimum absolute atomic E-state index is 0.0400. The van der Waals surface area contributed by atoms with E-state index in [1.54, 1.807) is 4.31 Å². The molecule has 0 aromatic carbocycles. The van der Waals surface area contributed by atoms with E-state index < -0.39 is 10.2 Å². The Morgan fingerprint density at radius 1 is 1.30 bits per heavy atom. The third-order valence-electron chi connectivity index (χ3n) is 4.19. The maximum atomic E-state index is 12.6. The van der Waals surface area contributed by atoms with Gasteiger partial charge in [0.1, 0.15) is 0 Å². The smallest absolute Gasteiger partial charge is 0.280 e. The molecular formula is C13H27N3O3S. The molecule has 6 nitrogen and oxygen atoms in total. The van der Waals surface area contributed by atoms with Gasteiger partial charge in [0.15, 0.2) is 0 Å². The van der Waals surface area contributed by atoms with Crippen molar-refractivity contribution in [3.63, 3.8) is 0 Å². The average Bonchev–Trinajstić information content (AvgIpc) is 2.81. The molecule has 118 valence electrons. The van der Waals surface area contributed by atoms with E-state index in [2.05, 4.69) is 10.0 Å². The van der Waals surface area contributed by atoms with Crippen molar-refractivity contribution in [2.75, 3.05) is 26.2 Å². The first-order chi connectivity index (χ1) is 9.54. The standard InChI is InChI=1S/C13H27N3O3S/c1-3-14-10-12-6-4-5-8-16(12)20(17,18)15-13-7-9-19-11(13)2/h11-15H,3-10H2,1-2H3. The van der Waals surface area contributed by atoms with Gasteiger partial charge in [-0.3, -0.25) is 0 Å². The molecule has 0 radical (unpaired) electrons. The number of ether oxygens (including phenoxy) is 1. The van der Waals surface area contributed by atoms with Crippen LogP contribution in [0.2, 0.25) is 0 Å². The SMILES string of the molecule is CCNCC1CCCCN1S(=O)(=O)NC1CCOC1C. The Labute approximate surface area is 122 Å². The first-order valence-electron chi connectivity index (χ1n) is 7.66. The van der Waals surface area contributed by atoms with E-state index in [-0.39, 0.29) is 18.2 Å². The molecule has 3 atom stereocenters. The Morgan fingerprint density at radius 3 is 2.75 bits per heavy atom. The molecule has 2 heterocycles. The highest BCUT2D eigenvalue weighted by atomic mass is 32.2. The maximum Gasteiger partial charge on any atom is 0.280 e. The summed E-state index contributed by atoms with van der Waals surface area (Å²) in [5, 5.41) is 3.26.